The highest BCUT2D eigenvalue weighted by Crippen LogP contribution is 2.17. The Morgan fingerprint density at radius 2 is 1.88 bits per heavy atom. The summed E-state index contributed by atoms with van der Waals surface area (Å²) in [6, 6.07) is 3.76. The molecule has 0 fully saturated rings. The molecule has 1 rings (SSSR count). The highest BCUT2D eigenvalue weighted by molar-refractivity contribution is 7.99. The number of hydrazine groups is 1. The van der Waals surface area contributed by atoms with Crippen molar-refractivity contribution in [3.63, 3.8) is 0 Å². The van der Waals surface area contributed by atoms with Gasteiger partial charge in [0, 0.05) is 17.4 Å². The van der Waals surface area contributed by atoms with E-state index >= 15 is 0 Å². The Kier molecular flexibility index (Phi) is 5.88. The zero-order valence-corrected chi connectivity index (χ0v) is 10.9. The molecule has 0 saturated carbocycles. The van der Waals surface area contributed by atoms with Gasteiger partial charge in [0.1, 0.15) is 11.6 Å². The average Bonchev–Trinajstić information content (AvgIpc) is 2.27. The molecule has 0 aliphatic heterocycles. The molecule has 0 aliphatic carbocycles. The molecule has 5 heteroatoms. The Bertz CT molecular complexity index is 338. The second kappa shape index (κ2) is 6.93. The molecule has 1 unspecified atom stereocenters. The normalized spacial score (nSPS) is 13.1. The number of benzene rings is 1. The molecule has 0 saturated heterocycles. The third-order valence-corrected chi connectivity index (χ3v) is 3.64. The molecule has 0 aromatic heterocycles. The first-order valence-corrected chi connectivity index (χ1v) is 6.60. The predicted octanol–water partition coefficient (Wildman–Crippen LogP) is 2.48. The summed E-state index contributed by atoms with van der Waals surface area (Å²) in [5.41, 5.74) is 2.70. The maximum atomic E-state index is 13.4. The molecule has 1 aromatic carbocycles. The summed E-state index contributed by atoms with van der Waals surface area (Å²) in [5, 5.41) is 0.469. The first kappa shape index (κ1) is 14.4. The van der Waals surface area contributed by atoms with E-state index in [0.29, 0.717) is 5.25 Å². The molecule has 0 spiro atoms. The van der Waals surface area contributed by atoms with Crippen molar-refractivity contribution in [1.29, 1.82) is 0 Å². The van der Waals surface area contributed by atoms with Crippen molar-refractivity contribution in [2.75, 3.05) is 5.75 Å². The highest BCUT2D eigenvalue weighted by Gasteiger charge is 2.15. The standard InChI is InChI=1S/C12H18F2N2S/c1-8(2)17-7-9(16-15)6-10-11(13)4-3-5-12(10)14/h3-5,8-9,16H,6-7,15H2,1-2H3. The highest BCUT2D eigenvalue weighted by atomic mass is 32.2. The Balaban J connectivity index is 2.67. The van der Waals surface area contributed by atoms with Crippen LogP contribution in [0.3, 0.4) is 0 Å². The van der Waals surface area contributed by atoms with Gasteiger partial charge in [-0.1, -0.05) is 19.9 Å². The zero-order valence-electron chi connectivity index (χ0n) is 10.0. The van der Waals surface area contributed by atoms with Crippen LogP contribution in [0.5, 0.6) is 0 Å². The Morgan fingerprint density at radius 3 is 2.35 bits per heavy atom. The number of nitrogens with one attached hydrogen (secondary N) is 1. The fraction of sp³-hybridized carbons (Fsp3) is 0.500. The van der Waals surface area contributed by atoms with E-state index in [0.717, 1.165) is 5.75 Å². The Morgan fingerprint density at radius 1 is 1.29 bits per heavy atom. The van der Waals surface area contributed by atoms with Crippen molar-refractivity contribution in [2.45, 2.75) is 31.6 Å². The van der Waals surface area contributed by atoms with Gasteiger partial charge in [0.05, 0.1) is 0 Å². The van der Waals surface area contributed by atoms with Gasteiger partial charge < -0.3 is 0 Å². The lowest BCUT2D eigenvalue weighted by atomic mass is 10.1. The van der Waals surface area contributed by atoms with Crippen LogP contribution < -0.4 is 11.3 Å². The van der Waals surface area contributed by atoms with Gasteiger partial charge in [0.2, 0.25) is 0 Å². The van der Waals surface area contributed by atoms with Crippen LogP contribution in [0.15, 0.2) is 18.2 Å². The minimum Gasteiger partial charge on any atom is -0.271 e. The van der Waals surface area contributed by atoms with E-state index < -0.39 is 11.6 Å². The number of nitrogens with two attached hydrogens (primary N) is 1. The summed E-state index contributed by atoms with van der Waals surface area (Å²) in [6.45, 7) is 4.14. The Labute approximate surface area is 105 Å². The van der Waals surface area contributed by atoms with Crippen LogP contribution in [0.2, 0.25) is 0 Å². The second-order valence-electron chi connectivity index (χ2n) is 4.15. The summed E-state index contributed by atoms with van der Waals surface area (Å²) in [6.07, 6.45) is 0.259. The van der Waals surface area contributed by atoms with E-state index in [4.69, 9.17) is 5.84 Å². The van der Waals surface area contributed by atoms with Gasteiger partial charge in [-0.15, -0.1) is 0 Å². The largest absolute Gasteiger partial charge is 0.271 e. The molecule has 0 amide bonds. The minimum absolute atomic E-state index is 0.0970. The molecule has 17 heavy (non-hydrogen) atoms. The van der Waals surface area contributed by atoms with Gasteiger partial charge in [-0.3, -0.25) is 11.3 Å². The van der Waals surface area contributed by atoms with E-state index in [2.05, 4.69) is 19.3 Å². The number of rotatable bonds is 6. The summed E-state index contributed by atoms with van der Waals surface area (Å²) < 4.78 is 26.9. The summed E-state index contributed by atoms with van der Waals surface area (Å²) >= 11 is 1.71. The molecule has 1 aromatic rings. The SMILES string of the molecule is CC(C)SCC(Cc1c(F)cccc1F)NN. The number of halogens is 2. The van der Waals surface area contributed by atoms with E-state index in [1.54, 1.807) is 11.8 Å². The molecule has 0 heterocycles. The minimum atomic E-state index is -0.514. The van der Waals surface area contributed by atoms with Gasteiger partial charge in [0.25, 0.3) is 0 Å². The third kappa shape index (κ3) is 4.61. The van der Waals surface area contributed by atoms with Crippen LogP contribution in [0.25, 0.3) is 0 Å². The first-order chi connectivity index (χ1) is 8.04. The van der Waals surface area contributed by atoms with Crippen molar-refractivity contribution in [3.05, 3.63) is 35.4 Å². The second-order valence-corrected chi connectivity index (χ2v) is 5.76. The number of hydrogen-bond acceptors (Lipinski definition) is 3. The molecule has 2 nitrogen and oxygen atoms in total. The van der Waals surface area contributed by atoms with Crippen molar-refractivity contribution in [3.8, 4) is 0 Å². The van der Waals surface area contributed by atoms with Crippen molar-refractivity contribution in [1.82, 2.24) is 5.43 Å². The molecule has 0 aliphatic rings. The molecule has 96 valence electrons. The molecule has 0 bridgehead atoms. The topological polar surface area (TPSA) is 38.0 Å². The van der Waals surface area contributed by atoms with Crippen molar-refractivity contribution < 1.29 is 8.78 Å². The van der Waals surface area contributed by atoms with Gasteiger partial charge in [-0.05, 0) is 23.8 Å². The maximum absolute atomic E-state index is 13.4. The summed E-state index contributed by atoms with van der Waals surface area (Å²) in [7, 11) is 0. The van der Waals surface area contributed by atoms with Crippen LogP contribution in [0.4, 0.5) is 8.78 Å². The molecular formula is C12H18F2N2S. The van der Waals surface area contributed by atoms with Crippen molar-refractivity contribution in [2.24, 2.45) is 5.84 Å². The van der Waals surface area contributed by atoms with E-state index in [9.17, 15) is 8.78 Å². The lowest BCUT2D eigenvalue weighted by Crippen LogP contribution is -2.39. The molecule has 3 N–H and O–H groups in total. The smallest absolute Gasteiger partial charge is 0.129 e. The fourth-order valence-corrected chi connectivity index (χ4v) is 2.28. The molecule has 1 atom stereocenters. The number of thioether (sulfide) groups is 1. The van der Waals surface area contributed by atoms with E-state index in [-0.39, 0.29) is 18.0 Å². The first-order valence-electron chi connectivity index (χ1n) is 5.55. The lowest BCUT2D eigenvalue weighted by molar-refractivity contribution is 0.512. The summed E-state index contributed by atoms with van der Waals surface area (Å²) in [5.74, 6) is 5.09. The van der Waals surface area contributed by atoms with Crippen LogP contribution in [-0.4, -0.2) is 17.0 Å². The van der Waals surface area contributed by atoms with E-state index in [1.165, 1.54) is 18.2 Å². The number of hydrogen-bond donors (Lipinski definition) is 2. The molecule has 0 radical (unpaired) electrons. The van der Waals surface area contributed by atoms with Gasteiger partial charge >= 0.3 is 0 Å². The fourth-order valence-electron chi connectivity index (χ4n) is 1.45. The average molecular weight is 260 g/mol. The van der Waals surface area contributed by atoms with E-state index in [1.807, 2.05) is 0 Å². The third-order valence-electron chi connectivity index (χ3n) is 2.38. The quantitative estimate of drug-likeness (QED) is 0.609. The van der Waals surface area contributed by atoms with Crippen LogP contribution in [0.1, 0.15) is 19.4 Å². The monoisotopic (exact) mass is 260 g/mol. The van der Waals surface area contributed by atoms with Crippen LogP contribution in [-0.2, 0) is 6.42 Å². The lowest BCUT2D eigenvalue weighted by Gasteiger charge is -2.17. The maximum Gasteiger partial charge on any atom is 0.129 e. The van der Waals surface area contributed by atoms with Gasteiger partial charge in [-0.2, -0.15) is 11.8 Å². The van der Waals surface area contributed by atoms with Crippen molar-refractivity contribution >= 4 is 11.8 Å². The summed E-state index contributed by atoms with van der Waals surface area (Å²) in [4.78, 5) is 0. The molecular weight excluding hydrogens is 242 g/mol. The van der Waals surface area contributed by atoms with Crippen LogP contribution >= 0.6 is 11.8 Å². The Hall–Kier alpha value is -0.650. The van der Waals surface area contributed by atoms with Crippen LogP contribution in [0, 0.1) is 11.6 Å². The van der Waals surface area contributed by atoms with Gasteiger partial charge in [0.15, 0.2) is 0 Å². The predicted molar refractivity (Wildman–Crippen MR) is 68.8 cm³/mol. The van der Waals surface area contributed by atoms with Gasteiger partial charge in [-0.25, -0.2) is 8.78 Å². The zero-order chi connectivity index (χ0) is 12.8.